The first kappa shape index (κ1) is 29.6. The van der Waals surface area contributed by atoms with Gasteiger partial charge in [0.2, 0.25) is 0 Å². The highest BCUT2D eigenvalue weighted by molar-refractivity contribution is 7.85. The molecule has 0 saturated carbocycles. The molecule has 0 amide bonds. The van der Waals surface area contributed by atoms with Crippen molar-refractivity contribution in [1.82, 2.24) is 0 Å². The van der Waals surface area contributed by atoms with Crippen LogP contribution in [0.5, 0.6) is 0 Å². The smallest absolute Gasteiger partial charge is 0.264 e. The normalized spacial score (nSPS) is 12.7. The Morgan fingerprint density at radius 2 is 1.16 bits per heavy atom. The first-order chi connectivity index (χ1) is 15.0. The maximum absolute atomic E-state index is 10.9. The van der Waals surface area contributed by atoms with Gasteiger partial charge >= 0.3 is 0 Å². The van der Waals surface area contributed by atoms with Crippen LogP contribution in [0, 0.1) is 0 Å². The molecule has 0 aliphatic carbocycles. The van der Waals surface area contributed by atoms with Crippen molar-refractivity contribution in [2.24, 2.45) is 0 Å². The Balaban J connectivity index is 4.17. The van der Waals surface area contributed by atoms with Crippen LogP contribution in [-0.4, -0.2) is 21.3 Å². The molecule has 0 aliphatic heterocycles. The number of hydrogen-bond donors (Lipinski definition) is 0. The molecule has 0 fully saturated rings. The fraction of sp³-hybridized carbons (Fsp3) is 0.630. The summed E-state index contributed by atoms with van der Waals surface area (Å²) in [6.45, 7) is 4.64. The van der Waals surface area contributed by atoms with E-state index in [2.05, 4.69) is 68.5 Å². The highest BCUT2D eigenvalue weighted by Gasteiger charge is 2.00. The number of rotatable bonds is 20. The molecule has 4 heteroatoms. The lowest BCUT2D eigenvalue weighted by molar-refractivity contribution is 0.309. The third-order valence-electron chi connectivity index (χ3n) is 4.77. The number of unbranched alkanes of at least 4 members (excludes halogenated alkanes) is 6. The van der Waals surface area contributed by atoms with Gasteiger partial charge in [0.1, 0.15) is 0 Å². The molecular formula is C27H46O3S. The predicted octanol–water partition coefficient (Wildman–Crippen LogP) is 8.22. The molecule has 0 aromatic heterocycles. The van der Waals surface area contributed by atoms with Crippen LogP contribution in [0.4, 0.5) is 0 Å². The quantitative estimate of drug-likeness (QED) is 0.107. The van der Waals surface area contributed by atoms with E-state index in [1.54, 1.807) is 0 Å². The molecule has 0 radical (unpaired) electrons. The van der Waals surface area contributed by atoms with Crippen LogP contribution in [0.1, 0.15) is 97.3 Å². The molecule has 0 aromatic carbocycles. The third kappa shape index (κ3) is 24.7. The van der Waals surface area contributed by atoms with E-state index < -0.39 is 10.1 Å². The lowest BCUT2D eigenvalue weighted by Gasteiger charge is -2.04. The van der Waals surface area contributed by atoms with Gasteiger partial charge in [0.15, 0.2) is 0 Å². The standard InChI is InChI=1S/C27H46O3S/c1-4-6-8-10-15-19-23-27(24-20-16-11-9-7-5-2)25-21-17-13-12-14-18-22-26-30-31(3,28)29/h6-9,15-16,19-20,25H,4-5,10-14,17-18,21-24,26H2,1-3H3/b8-6+,9-7+,19-15+,20-16+. The maximum atomic E-state index is 10.9. The molecule has 0 saturated heterocycles. The topological polar surface area (TPSA) is 43.4 Å². The van der Waals surface area contributed by atoms with Crippen LogP contribution < -0.4 is 0 Å². The van der Waals surface area contributed by atoms with E-state index in [-0.39, 0.29) is 0 Å². The summed E-state index contributed by atoms with van der Waals surface area (Å²) in [7, 11) is -3.29. The Morgan fingerprint density at radius 1 is 0.677 bits per heavy atom. The van der Waals surface area contributed by atoms with Crippen molar-refractivity contribution in [3.05, 3.63) is 60.3 Å². The van der Waals surface area contributed by atoms with Crippen molar-refractivity contribution in [2.45, 2.75) is 97.3 Å². The molecule has 0 rings (SSSR count). The summed E-state index contributed by atoms with van der Waals surface area (Å²) in [5.41, 5.74) is 1.50. The first-order valence-electron chi connectivity index (χ1n) is 12.1. The van der Waals surface area contributed by atoms with E-state index in [1.807, 2.05) is 0 Å². The fourth-order valence-electron chi connectivity index (χ4n) is 3.06. The minimum atomic E-state index is -3.29. The van der Waals surface area contributed by atoms with Crippen molar-refractivity contribution < 1.29 is 12.6 Å². The van der Waals surface area contributed by atoms with Gasteiger partial charge in [-0.15, -0.1) is 0 Å². The van der Waals surface area contributed by atoms with E-state index in [1.165, 1.54) is 24.8 Å². The lowest BCUT2D eigenvalue weighted by atomic mass is 10.0. The third-order valence-corrected chi connectivity index (χ3v) is 5.37. The average Bonchev–Trinajstić information content (AvgIpc) is 2.72. The van der Waals surface area contributed by atoms with E-state index in [0.29, 0.717) is 6.61 Å². The summed E-state index contributed by atoms with van der Waals surface area (Å²) in [6.07, 6.45) is 35.7. The van der Waals surface area contributed by atoms with Crippen LogP contribution in [0.3, 0.4) is 0 Å². The molecule has 0 heterocycles. The van der Waals surface area contributed by atoms with E-state index >= 15 is 0 Å². The van der Waals surface area contributed by atoms with Gasteiger partial charge in [-0.25, -0.2) is 0 Å². The molecular weight excluding hydrogens is 404 g/mol. The van der Waals surface area contributed by atoms with E-state index in [4.69, 9.17) is 4.18 Å². The zero-order valence-corrected chi connectivity index (χ0v) is 21.0. The second kappa shape index (κ2) is 21.8. The Morgan fingerprint density at radius 3 is 1.68 bits per heavy atom. The van der Waals surface area contributed by atoms with Crippen LogP contribution >= 0.6 is 0 Å². The molecule has 31 heavy (non-hydrogen) atoms. The summed E-state index contributed by atoms with van der Waals surface area (Å²) in [5, 5.41) is 0. The van der Waals surface area contributed by atoms with Gasteiger partial charge in [0.25, 0.3) is 10.1 Å². The molecule has 0 bridgehead atoms. The van der Waals surface area contributed by atoms with Crippen LogP contribution in [0.15, 0.2) is 60.3 Å². The average molecular weight is 451 g/mol. The Labute approximate surface area is 193 Å². The second-order valence-electron chi connectivity index (χ2n) is 7.88. The molecule has 0 spiro atoms. The van der Waals surface area contributed by atoms with E-state index in [9.17, 15) is 8.42 Å². The minimum Gasteiger partial charge on any atom is -0.270 e. The summed E-state index contributed by atoms with van der Waals surface area (Å²) >= 11 is 0. The van der Waals surface area contributed by atoms with Gasteiger partial charge in [-0.3, -0.25) is 4.18 Å². The zero-order chi connectivity index (χ0) is 23.0. The van der Waals surface area contributed by atoms with Crippen LogP contribution in [-0.2, 0) is 14.3 Å². The predicted molar refractivity (Wildman–Crippen MR) is 137 cm³/mol. The Kier molecular flexibility index (Phi) is 20.8. The van der Waals surface area contributed by atoms with E-state index in [0.717, 1.165) is 70.5 Å². The Bertz CT molecular complexity index is 622. The SMILES string of the molecule is CC/C=C/C/C=C/CC(=CCCCCCCCCOS(C)(=O)=O)C/C=C/C/C=C/CC. The van der Waals surface area contributed by atoms with Crippen molar-refractivity contribution in [3.8, 4) is 0 Å². The summed E-state index contributed by atoms with van der Waals surface area (Å²) in [4.78, 5) is 0. The van der Waals surface area contributed by atoms with Gasteiger partial charge in [-0.05, 0) is 57.8 Å². The first-order valence-corrected chi connectivity index (χ1v) is 13.9. The van der Waals surface area contributed by atoms with Crippen molar-refractivity contribution in [2.75, 3.05) is 12.9 Å². The maximum Gasteiger partial charge on any atom is 0.264 e. The molecule has 0 aromatic rings. The van der Waals surface area contributed by atoms with Gasteiger partial charge in [-0.1, -0.05) is 99.8 Å². The van der Waals surface area contributed by atoms with Crippen molar-refractivity contribution in [1.29, 1.82) is 0 Å². The van der Waals surface area contributed by atoms with Gasteiger partial charge in [0.05, 0.1) is 12.9 Å². The van der Waals surface area contributed by atoms with Gasteiger partial charge < -0.3 is 0 Å². The molecule has 0 unspecified atom stereocenters. The molecule has 0 aliphatic rings. The number of hydrogen-bond acceptors (Lipinski definition) is 3. The number of allylic oxidation sites excluding steroid dienone is 10. The highest BCUT2D eigenvalue weighted by atomic mass is 32.2. The van der Waals surface area contributed by atoms with Gasteiger partial charge in [-0.2, -0.15) is 8.42 Å². The van der Waals surface area contributed by atoms with Crippen molar-refractivity contribution >= 4 is 10.1 Å². The van der Waals surface area contributed by atoms with Crippen LogP contribution in [0.2, 0.25) is 0 Å². The summed E-state index contributed by atoms with van der Waals surface area (Å²) in [6, 6.07) is 0. The van der Waals surface area contributed by atoms with Crippen LogP contribution in [0.25, 0.3) is 0 Å². The monoisotopic (exact) mass is 450 g/mol. The van der Waals surface area contributed by atoms with Gasteiger partial charge in [0, 0.05) is 0 Å². The molecule has 0 N–H and O–H groups in total. The summed E-state index contributed by atoms with van der Waals surface area (Å²) < 4.78 is 26.6. The molecule has 178 valence electrons. The van der Waals surface area contributed by atoms with Crippen molar-refractivity contribution in [3.63, 3.8) is 0 Å². The molecule has 3 nitrogen and oxygen atoms in total. The zero-order valence-electron chi connectivity index (χ0n) is 20.2. The lowest BCUT2D eigenvalue weighted by Crippen LogP contribution is -2.03. The summed E-state index contributed by atoms with van der Waals surface area (Å²) in [5.74, 6) is 0. The largest absolute Gasteiger partial charge is 0.270 e. The fourth-order valence-corrected chi connectivity index (χ4v) is 3.49. The highest BCUT2D eigenvalue weighted by Crippen LogP contribution is 2.14. The Hall–Kier alpha value is -1.39. The molecule has 0 atom stereocenters. The minimum absolute atomic E-state index is 0.314. The second-order valence-corrected chi connectivity index (χ2v) is 9.52.